The molecule has 31 heavy (non-hydrogen) atoms. The number of phenolic OH excluding ortho intramolecular Hbond substituents is 1. The summed E-state index contributed by atoms with van der Waals surface area (Å²) in [6, 6.07) is 9.12. The molecule has 1 heterocycles. The Kier molecular flexibility index (Phi) is 6.00. The Morgan fingerprint density at radius 2 is 1.87 bits per heavy atom. The zero-order chi connectivity index (χ0) is 22.8. The van der Waals surface area contributed by atoms with E-state index in [0.29, 0.717) is 5.01 Å². The molecule has 162 valence electrons. The number of carbonyl (C=O) groups excluding carboxylic acids is 2. The van der Waals surface area contributed by atoms with Crippen LogP contribution in [0.3, 0.4) is 0 Å². The van der Waals surface area contributed by atoms with E-state index in [1.807, 2.05) is 0 Å². The molecule has 7 nitrogen and oxygen atoms in total. The number of nitrogens with zero attached hydrogens (tertiary/aromatic N) is 2. The number of esters is 1. The fourth-order valence-electron chi connectivity index (χ4n) is 2.83. The Hall–Kier alpha value is -3.82. The molecule has 0 spiro atoms. The second-order valence-corrected chi connectivity index (χ2v) is 6.32. The number of hydrogen-bond acceptors (Lipinski definition) is 6. The monoisotopic (exact) mass is 434 g/mol. The van der Waals surface area contributed by atoms with Crippen molar-refractivity contribution in [1.29, 1.82) is 0 Å². The van der Waals surface area contributed by atoms with Crippen molar-refractivity contribution in [1.82, 2.24) is 0 Å². The predicted molar refractivity (Wildman–Crippen MR) is 106 cm³/mol. The lowest BCUT2D eigenvalue weighted by atomic mass is 10.1. The molecule has 1 aliphatic heterocycles. The highest BCUT2D eigenvalue weighted by Crippen LogP contribution is 2.34. The van der Waals surface area contributed by atoms with Gasteiger partial charge in [-0.2, -0.15) is 23.3 Å². The van der Waals surface area contributed by atoms with E-state index in [2.05, 4.69) is 5.10 Å². The Morgan fingerprint density at radius 1 is 1.19 bits per heavy atom. The number of amides is 1. The lowest BCUT2D eigenvalue weighted by Crippen LogP contribution is -2.25. The molecule has 0 aliphatic carbocycles. The van der Waals surface area contributed by atoms with Crippen LogP contribution < -0.4 is 9.75 Å². The molecule has 0 saturated heterocycles. The molecule has 0 aromatic heterocycles. The normalized spacial score (nSPS) is 15.3. The maximum atomic E-state index is 13.6. The maximum absolute atomic E-state index is 13.6. The van der Waals surface area contributed by atoms with E-state index >= 15 is 0 Å². The molecule has 0 fully saturated rings. The van der Waals surface area contributed by atoms with E-state index in [-0.39, 0.29) is 34.9 Å². The van der Waals surface area contributed by atoms with Crippen molar-refractivity contribution in [2.75, 3.05) is 18.7 Å². The Labute approximate surface area is 175 Å². The van der Waals surface area contributed by atoms with Gasteiger partial charge < -0.3 is 14.6 Å². The summed E-state index contributed by atoms with van der Waals surface area (Å²) in [5.74, 6) is -1.75. The Balaban J connectivity index is 1.99. The van der Waals surface area contributed by atoms with Gasteiger partial charge in [0.05, 0.1) is 30.5 Å². The molecule has 0 unspecified atom stereocenters. The van der Waals surface area contributed by atoms with Crippen LogP contribution in [0.1, 0.15) is 22.8 Å². The number of alkyl halides is 3. The Bertz CT molecular complexity index is 1080. The molecule has 3 rings (SSSR count). The zero-order valence-corrected chi connectivity index (χ0v) is 16.4. The van der Waals surface area contributed by atoms with Gasteiger partial charge in [0, 0.05) is 0 Å². The van der Waals surface area contributed by atoms with E-state index in [1.165, 1.54) is 49.6 Å². The van der Waals surface area contributed by atoms with E-state index < -0.39 is 29.3 Å². The number of methoxy groups -OCH3 is 1. The van der Waals surface area contributed by atoms with Crippen LogP contribution in [0.2, 0.25) is 0 Å². The first-order valence-corrected chi connectivity index (χ1v) is 9.02. The van der Waals surface area contributed by atoms with Gasteiger partial charge in [-0.15, -0.1) is 0 Å². The van der Waals surface area contributed by atoms with E-state index in [9.17, 15) is 27.9 Å². The van der Waals surface area contributed by atoms with Crippen LogP contribution in [0.5, 0.6) is 11.5 Å². The van der Waals surface area contributed by atoms with Crippen LogP contribution in [0.15, 0.2) is 53.1 Å². The highest BCUT2D eigenvalue weighted by atomic mass is 19.4. The van der Waals surface area contributed by atoms with Gasteiger partial charge in [-0.25, -0.2) is 4.79 Å². The van der Waals surface area contributed by atoms with Gasteiger partial charge in [-0.3, -0.25) is 4.79 Å². The molecule has 10 heteroatoms. The van der Waals surface area contributed by atoms with Crippen LogP contribution in [-0.4, -0.2) is 42.6 Å². The van der Waals surface area contributed by atoms with Gasteiger partial charge in [-0.05, 0) is 55.0 Å². The molecule has 0 saturated carbocycles. The minimum Gasteiger partial charge on any atom is -0.504 e. The second kappa shape index (κ2) is 8.50. The number of carbonyl (C=O) groups is 2. The van der Waals surface area contributed by atoms with Crippen LogP contribution in [-0.2, 0) is 9.53 Å². The second-order valence-electron chi connectivity index (χ2n) is 6.32. The van der Waals surface area contributed by atoms with E-state index in [0.717, 1.165) is 6.08 Å². The highest BCUT2D eigenvalue weighted by Gasteiger charge is 2.46. The molecular formula is C21H17F3N2O5. The largest absolute Gasteiger partial charge is 0.504 e. The molecule has 0 atom stereocenters. The third kappa shape index (κ3) is 4.52. The van der Waals surface area contributed by atoms with Crippen molar-refractivity contribution in [3.05, 3.63) is 59.2 Å². The molecular weight excluding hydrogens is 417 g/mol. The molecule has 0 radical (unpaired) electrons. The summed E-state index contributed by atoms with van der Waals surface area (Å²) < 4.78 is 50.5. The number of benzene rings is 2. The molecule has 1 amide bonds. The number of hydrazone groups is 1. The minimum atomic E-state index is -4.89. The van der Waals surface area contributed by atoms with E-state index in [4.69, 9.17) is 9.47 Å². The quantitative estimate of drug-likeness (QED) is 0.569. The smallest absolute Gasteiger partial charge is 0.435 e. The topological polar surface area (TPSA) is 88.4 Å². The summed E-state index contributed by atoms with van der Waals surface area (Å²) in [4.78, 5) is 24.5. The average Bonchev–Trinajstić information content (AvgIpc) is 3.06. The van der Waals surface area contributed by atoms with Gasteiger partial charge in [0.25, 0.3) is 5.91 Å². The van der Waals surface area contributed by atoms with Crippen LogP contribution in [0.25, 0.3) is 6.08 Å². The Morgan fingerprint density at radius 3 is 2.45 bits per heavy atom. The van der Waals surface area contributed by atoms with Gasteiger partial charge in [-0.1, -0.05) is 6.07 Å². The first-order chi connectivity index (χ1) is 14.7. The first kappa shape index (κ1) is 21.9. The summed E-state index contributed by atoms with van der Waals surface area (Å²) in [5.41, 5.74) is -1.60. The average molecular weight is 434 g/mol. The number of anilines is 1. The van der Waals surface area contributed by atoms with Crippen molar-refractivity contribution in [3.63, 3.8) is 0 Å². The molecule has 0 bridgehead atoms. The lowest BCUT2D eigenvalue weighted by molar-refractivity contribution is -0.114. The van der Waals surface area contributed by atoms with Crippen molar-refractivity contribution >= 4 is 29.4 Å². The summed E-state index contributed by atoms with van der Waals surface area (Å²) in [5, 5.41) is 13.7. The fraction of sp³-hybridized carbons (Fsp3) is 0.190. The first-order valence-electron chi connectivity index (χ1n) is 9.02. The summed E-state index contributed by atoms with van der Waals surface area (Å²) in [6.07, 6.45) is -3.87. The number of halogens is 3. The summed E-state index contributed by atoms with van der Waals surface area (Å²) >= 11 is 0. The minimum absolute atomic E-state index is 0.0386. The zero-order valence-electron chi connectivity index (χ0n) is 16.4. The van der Waals surface area contributed by atoms with Crippen LogP contribution >= 0.6 is 0 Å². The number of phenols is 1. The van der Waals surface area contributed by atoms with Crippen molar-refractivity contribution < 1.29 is 37.3 Å². The summed E-state index contributed by atoms with van der Waals surface area (Å²) in [6.45, 7) is 1.81. The van der Waals surface area contributed by atoms with Crippen molar-refractivity contribution in [2.45, 2.75) is 13.1 Å². The van der Waals surface area contributed by atoms with Crippen molar-refractivity contribution in [2.24, 2.45) is 5.10 Å². The number of ether oxygens (including phenoxy) is 2. The van der Waals surface area contributed by atoms with Gasteiger partial charge in [0.2, 0.25) is 0 Å². The predicted octanol–water partition coefficient (Wildman–Crippen LogP) is 3.93. The highest BCUT2D eigenvalue weighted by molar-refractivity contribution is 6.34. The molecule has 1 N–H and O–H groups in total. The summed E-state index contributed by atoms with van der Waals surface area (Å²) in [7, 11) is 1.29. The maximum Gasteiger partial charge on any atom is 0.435 e. The SMILES string of the molecule is CCOC(=O)c1ccc(N2N=C(C(F)(F)F)C(=Cc3ccc(O)c(OC)c3)C2=O)cc1. The third-order valence-corrected chi connectivity index (χ3v) is 4.28. The van der Waals surface area contributed by atoms with Crippen LogP contribution in [0, 0.1) is 0 Å². The fourth-order valence-corrected chi connectivity index (χ4v) is 2.83. The van der Waals surface area contributed by atoms with Crippen LogP contribution in [0.4, 0.5) is 18.9 Å². The van der Waals surface area contributed by atoms with E-state index in [1.54, 1.807) is 6.92 Å². The number of aromatic hydroxyl groups is 1. The standard InChI is InChI=1S/C21H17F3N2O5/c1-3-31-20(29)13-5-7-14(8-6-13)26-19(28)15(18(25-26)21(22,23)24)10-12-4-9-16(27)17(11-12)30-2/h4-11,27H,3H2,1-2H3. The third-order valence-electron chi connectivity index (χ3n) is 4.28. The van der Waals surface area contributed by atoms with Gasteiger partial charge in [0.15, 0.2) is 17.2 Å². The number of hydrogen-bond donors (Lipinski definition) is 1. The van der Waals surface area contributed by atoms with Gasteiger partial charge in [0.1, 0.15) is 0 Å². The lowest BCUT2D eigenvalue weighted by Gasteiger charge is -2.12. The number of rotatable bonds is 5. The molecule has 1 aliphatic rings. The van der Waals surface area contributed by atoms with Crippen molar-refractivity contribution in [3.8, 4) is 11.5 Å². The molecule has 2 aromatic rings. The van der Waals surface area contributed by atoms with Gasteiger partial charge >= 0.3 is 12.1 Å². The molecule has 2 aromatic carbocycles.